The molecule has 7 heteroatoms. The van der Waals surface area contributed by atoms with E-state index in [9.17, 15) is 22.4 Å². The third-order valence-corrected chi connectivity index (χ3v) is 2.37. The lowest BCUT2D eigenvalue weighted by atomic mass is 10.1. The van der Waals surface area contributed by atoms with Gasteiger partial charge in [-0.2, -0.15) is 4.39 Å². The Kier molecular flexibility index (Phi) is 3.69. The van der Waals surface area contributed by atoms with Crippen molar-refractivity contribution in [2.45, 2.75) is 6.36 Å². The number of ether oxygens (including phenoxy) is 1. The van der Waals surface area contributed by atoms with Crippen molar-refractivity contribution >= 4 is 6.29 Å². The molecule has 2 rings (SSSR count). The molecule has 1 aromatic carbocycles. The number of aldehydes is 1. The van der Waals surface area contributed by atoms with Crippen molar-refractivity contribution in [1.29, 1.82) is 0 Å². The summed E-state index contributed by atoms with van der Waals surface area (Å²) in [5, 5.41) is 0. The van der Waals surface area contributed by atoms with Crippen LogP contribution in [-0.2, 0) is 0 Å². The summed E-state index contributed by atoms with van der Waals surface area (Å²) < 4.78 is 53.4. The van der Waals surface area contributed by atoms with Crippen LogP contribution < -0.4 is 4.74 Å². The second-order valence-corrected chi connectivity index (χ2v) is 3.77. The summed E-state index contributed by atoms with van der Waals surface area (Å²) in [5.41, 5.74) is 0.111. The van der Waals surface area contributed by atoms with Crippen molar-refractivity contribution in [3.05, 3.63) is 47.9 Å². The first-order chi connectivity index (χ1) is 9.39. The number of hydrogen-bond acceptors (Lipinski definition) is 3. The zero-order valence-electron chi connectivity index (χ0n) is 9.82. The Morgan fingerprint density at radius 3 is 2.50 bits per heavy atom. The van der Waals surface area contributed by atoms with Crippen molar-refractivity contribution in [3.63, 3.8) is 0 Å². The molecule has 0 N–H and O–H groups in total. The quantitative estimate of drug-likeness (QED) is 0.491. The number of alkyl halides is 3. The zero-order chi connectivity index (χ0) is 14.8. The topological polar surface area (TPSA) is 39.2 Å². The molecule has 0 atom stereocenters. The van der Waals surface area contributed by atoms with E-state index in [4.69, 9.17) is 0 Å². The van der Waals surface area contributed by atoms with Crippen LogP contribution in [0.1, 0.15) is 10.4 Å². The zero-order valence-corrected chi connectivity index (χ0v) is 9.82. The molecule has 0 unspecified atom stereocenters. The SMILES string of the molecule is O=Cc1ccc(-c2cccc(OC(F)(F)F)c2)nc1F. The molecule has 0 spiro atoms. The number of benzene rings is 1. The Morgan fingerprint density at radius 1 is 1.15 bits per heavy atom. The predicted molar refractivity (Wildman–Crippen MR) is 61.7 cm³/mol. The molecule has 0 radical (unpaired) electrons. The van der Waals surface area contributed by atoms with Crippen LogP contribution in [0, 0.1) is 5.95 Å². The normalized spacial score (nSPS) is 11.2. The summed E-state index contributed by atoms with van der Waals surface area (Å²) in [4.78, 5) is 14.0. The number of nitrogens with zero attached hydrogens (tertiary/aromatic N) is 1. The van der Waals surface area contributed by atoms with Gasteiger partial charge in [0.05, 0.1) is 11.3 Å². The standard InChI is InChI=1S/C13H7F4NO2/c14-12-9(7-19)4-5-11(18-12)8-2-1-3-10(6-8)20-13(15,16)17/h1-7H. The van der Waals surface area contributed by atoms with Crippen LogP contribution in [0.3, 0.4) is 0 Å². The monoisotopic (exact) mass is 285 g/mol. The van der Waals surface area contributed by atoms with Crippen LogP contribution >= 0.6 is 0 Å². The average molecular weight is 285 g/mol. The number of carbonyl (C=O) groups excluding carboxylic acids is 1. The van der Waals surface area contributed by atoms with Crippen LogP contribution in [0.15, 0.2) is 36.4 Å². The highest BCUT2D eigenvalue weighted by Crippen LogP contribution is 2.27. The van der Waals surface area contributed by atoms with E-state index in [0.29, 0.717) is 6.29 Å². The van der Waals surface area contributed by atoms with E-state index < -0.39 is 18.1 Å². The summed E-state index contributed by atoms with van der Waals surface area (Å²) >= 11 is 0. The molecular weight excluding hydrogens is 278 g/mol. The van der Waals surface area contributed by atoms with Gasteiger partial charge >= 0.3 is 6.36 Å². The van der Waals surface area contributed by atoms with Crippen LogP contribution in [0.4, 0.5) is 17.6 Å². The fourth-order valence-corrected chi connectivity index (χ4v) is 1.55. The summed E-state index contributed by atoms with van der Waals surface area (Å²) in [5.74, 6) is -1.42. The van der Waals surface area contributed by atoms with Gasteiger partial charge in [-0.25, -0.2) is 4.98 Å². The van der Waals surface area contributed by atoms with Gasteiger partial charge in [-0.05, 0) is 24.3 Å². The predicted octanol–water partition coefficient (Wildman–Crippen LogP) is 3.60. The van der Waals surface area contributed by atoms with Crippen molar-refractivity contribution in [2.24, 2.45) is 0 Å². The number of rotatable bonds is 3. The summed E-state index contributed by atoms with van der Waals surface area (Å²) in [6.07, 6.45) is -4.51. The van der Waals surface area contributed by atoms with Crippen molar-refractivity contribution in [1.82, 2.24) is 4.98 Å². The number of pyridine rings is 1. The van der Waals surface area contributed by atoms with Gasteiger partial charge in [-0.1, -0.05) is 12.1 Å². The lowest BCUT2D eigenvalue weighted by Crippen LogP contribution is -2.17. The third kappa shape index (κ3) is 3.31. The van der Waals surface area contributed by atoms with E-state index in [-0.39, 0.29) is 16.8 Å². The molecule has 104 valence electrons. The van der Waals surface area contributed by atoms with Gasteiger partial charge in [0.15, 0.2) is 6.29 Å². The molecule has 20 heavy (non-hydrogen) atoms. The van der Waals surface area contributed by atoms with Crippen LogP contribution in [0.5, 0.6) is 5.75 Å². The summed E-state index contributed by atoms with van der Waals surface area (Å²) in [6.45, 7) is 0. The highest BCUT2D eigenvalue weighted by atomic mass is 19.4. The maximum Gasteiger partial charge on any atom is 0.573 e. The van der Waals surface area contributed by atoms with Crippen molar-refractivity contribution in [3.8, 4) is 17.0 Å². The van der Waals surface area contributed by atoms with Gasteiger partial charge in [0.1, 0.15) is 5.75 Å². The molecule has 2 aromatic rings. The first kappa shape index (κ1) is 14.0. The molecular formula is C13H7F4NO2. The minimum Gasteiger partial charge on any atom is -0.406 e. The fourth-order valence-electron chi connectivity index (χ4n) is 1.55. The van der Waals surface area contributed by atoms with Gasteiger partial charge in [-0.15, -0.1) is 13.2 Å². The number of hydrogen-bond donors (Lipinski definition) is 0. The van der Waals surface area contributed by atoms with Crippen LogP contribution in [0.2, 0.25) is 0 Å². The molecule has 0 aliphatic heterocycles. The Labute approximate surface area is 110 Å². The fraction of sp³-hybridized carbons (Fsp3) is 0.0769. The molecule has 0 bridgehead atoms. The molecule has 0 aliphatic rings. The minimum atomic E-state index is -4.81. The molecule has 0 saturated heterocycles. The Balaban J connectivity index is 2.36. The van der Waals surface area contributed by atoms with Gasteiger partial charge in [0.2, 0.25) is 5.95 Å². The van der Waals surface area contributed by atoms with E-state index >= 15 is 0 Å². The molecule has 3 nitrogen and oxygen atoms in total. The number of halogens is 4. The lowest BCUT2D eigenvalue weighted by molar-refractivity contribution is -0.274. The molecule has 0 amide bonds. The van der Waals surface area contributed by atoms with Gasteiger partial charge < -0.3 is 4.74 Å². The number of aromatic nitrogens is 1. The molecule has 0 fully saturated rings. The second kappa shape index (κ2) is 5.28. The third-order valence-electron chi connectivity index (χ3n) is 2.37. The maximum absolute atomic E-state index is 13.4. The van der Waals surface area contributed by atoms with Gasteiger partial charge in [-0.3, -0.25) is 4.79 Å². The molecule has 1 heterocycles. The first-order valence-corrected chi connectivity index (χ1v) is 5.37. The maximum atomic E-state index is 13.4. The Bertz CT molecular complexity index is 641. The smallest absolute Gasteiger partial charge is 0.406 e. The molecule has 0 aliphatic carbocycles. The van der Waals surface area contributed by atoms with E-state index in [0.717, 1.165) is 12.1 Å². The van der Waals surface area contributed by atoms with E-state index in [1.165, 1.54) is 24.3 Å². The van der Waals surface area contributed by atoms with E-state index in [2.05, 4.69) is 9.72 Å². The van der Waals surface area contributed by atoms with Crippen LogP contribution in [-0.4, -0.2) is 17.6 Å². The lowest BCUT2D eigenvalue weighted by Gasteiger charge is -2.10. The Hall–Kier alpha value is -2.44. The van der Waals surface area contributed by atoms with Crippen molar-refractivity contribution < 1.29 is 27.1 Å². The second-order valence-electron chi connectivity index (χ2n) is 3.77. The molecule has 0 saturated carbocycles. The molecule has 1 aromatic heterocycles. The minimum absolute atomic E-state index is 0.0979. The highest BCUT2D eigenvalue weighted by molar-refractivity contribution is 5.75. The summed E-state index contributed by atoms with van der Waals surface area (Å²) in [7, 11) is 0. The van der Waals surface area contributed by atoms with Crippen LogP contribution in [0.25, 0.3) is 11.3 Å². The van der Waals surface area contributed by atoms with Crippen molar-refractivity contribution in [2.75, 3.05) is 0 Å². The van der Waals surface area contributed by atoms with Gasteiger partial charge in [0, 0.05) is 5.56 Å². The van der Waals surface area contributed by atoms with E-state index in [1.807, 2.05) is 0 Å². The highest BCUT2D eigenvalue weighted by Gasteiger charge is 2.31. The first-order valence-electron chi connectivity index (χ1n) is 5.37. The Morgan fingerprint density at radius 2 is 1.90 bits per heavy atom. The van der Waals surface area contributed by atoms with E-state index in [1.54, 1.807) is 0 Å². The van der Waals surface area contributed by atoms with Gasteiger partial charge in [0.25, 0.3) is 0 Å². The number of carbonyl (C=O) groups is 1. The largest absolute Gasteiger partial charge is 0.573 e. The average Bonchev–Trinajstić information content (AvgIpc) is 2.37. The summed E-state index contributed by atoms with van der Waals surface area (Å²) in [6, 6.07) is 7.50.